The highest BCUT2D eigenvalue weighted by molar-refractivity contribution is 5.89. The van der Waals surface area contributed by atoms with Gasteiger partial charge in [-0.05, 0) is 36.4 Å². The molecule has 1 saturated heterocycles. The van der Waals surface area contributed by atoms with Crippen LogP contribution in [0.2, 0.25) is 0 Å². The maximum atomic E-state index is 11.4. The quantitative estimate of drug-likeness (QED) is 0.507. The van der Waals surface area contributed by atoms with Crippen LogP contribution in [0.4, 0.5) is 0 Å². The highest BCUT2D eigenvalue weighted by Crippen LogP contribution is 2.26. The molecular formula is C19H21NO8. The van der Waals surface area contributed by atoms with Gasteiger partial charge in [0.25, 0.3) is 0 Å². The Balaban J connectivity index is 1.70. The highest BCUT2D eigenvalue weighted by Gasteiger charge is 2.44. The average Bonchev–Trinajstić information content (AvgIpc) is 2.74. The molecule has 9 heteroatoms. The Kier molecular flexibility index (Phi) is 6.22. The molecule has 0 spiro atoms. The second-order valence-corrected chi connectivity index (χ2v) is 6.26. The number of benzene rings is 1. The van der Waals surface area contributed by atoms with Crippen molar-refractivity contribution in [2.75, 3.05) is 13.7 Å². The number of aromatic nitrogens is 1. The van der Waals surface area contributed by atoms with Crippen LogP contribution in [-0.2, 0) is 9.47 Å². The predicted molar refractivity (Wildman–Crippen MR) is 95.4 cm³/mol. The fourth-order valence-electron chi connectivity index (χ4n) is 2.81. The van der Waals surface area contributed by atoms with Crippen molar-refractivity contribution in [1.82, 2.24) is 4.98 Å². The molecule has 0 saturated carbocycles. The number of carbonyl (C=O) groups is 1. The molecule has 1 aliphatic rings. The lowest BCUT2D eigenvalue weighted by molar-refractivity contribution is -0.277. The normalized spacial score (nSPS) is 27.2. The molecule has 5 atom stereocenters. The first-order valence-electron chi connectivity index (χ1n) is 8.56. The van der Waals surface area contributed by atoms with Gasteiger partial charge in [0.1, 0.15) is 30.2 Å². The Hall–Kier alpha value is -2.56. The molecule has 1 aromatic carbocycles. The molecule has 3 rings (SSSR count). The van der Waals surface area contributed by atoms with Crippen LogP contribution in [0.1, 0.15) is 10.4 Å². The minimum Gasteiger partial charge on any atom is -0.465 e. The molecule has 2 aromatic rings. The Morgan fingerprint density at radius 2 is 1.79 bits per heavy atom. The lowest BCUT2D eigenvalue weighted by atomic mass is 9.99. The van der Waals surface area contributed by atoms with E-state index in [9.17, 15) is 25.2 Å². The van der Waals surface area contributed by atoms with Gasteiger partial charge in [0.15, 0.2) is 0 Å². The van der Waals surface area contributed by atoms with Crippen molar-refractivity contribution in [1.29, 1.82) is 0 Å². The van der Waals surface area contributed by atoms with Crippen LogP contribution in [0.3, 0.4) is 0 Å². The van der Waals surface area contributed by atoms with E-state index >= 15 is 0 Å². The van der Waals surface area contributed by atoms with E-state index in [1.54, 1.807) is 36.4 Å². The van der Waals surface area contributed by atoms with E-state index in [0.29, 0.717) is 17.0 Å². The molecule has 1 aliphatic heterocycles. The van der Waals surface area contributed by atoms with Crippen molar-refractivity contribution in [3.05, 3.63) is 48.2 Å². The zero-order valence-corrected chi connectivity index (χ0v) is 15.0. The van der Waals surface area contributed by atoms with Crippen LogP contribution in [0, 0.1) is 0 Å². The zero-order chi connectivity index (χ0) is 20.3. The summed E-state index contributed by atoms with van der Waals surface area (Å²) in [6, 6.07) is 9.96. The molecule has 1 fully saturated rings. The minimum atomic E-state index is -1.51. The summed E-state index contributed by atoms with van der Waals surface area (Å²) < 4.78 is 15.5. The SMILES string of the molecule is COC(=O)c1ccc(-c2ccc(O[C@@H]3O[C@H](CO)[C@@H](O)[C@H](O)[C@@H]3O)cc2)nc1. The summed E-state index contributed by atoms with van der Waals surface area (Å²) in [5.74, 6) is -0.124. The van der Waals surface area contributed by atoms with Crippen molar-refractivity contribution < 1.29 is 39.4 Å². The van der Waals surface area contributed by atoms with Crippen LogP contribution < -0.4 is 4.74 Å². The van der Waals surface area contributed by atoms with Gasteiger partial charge in [0, 0.05) is 11.8 Å². The average molecular weight is 391 g/mol. The lowest BCUT2D eigenvalue weighted by Crippen LogP contribution is -2.60. The fraction of sp³-hybridized carbons (Fsp3) is 0.368. The third-order valence-electron chi connectivity index (χ3n) is 4.44. The first kappa shape index (κ1) is 20.2. The maximum absolute atomic E-state index is 11.4. The number of methoxy groups -OCH3 is 1. The predicted octanol–water partition coefficient (Wildman–Crippen LogP) is -0.286. The maximum Gasteiger partial charge on any atom is 0.339 e. The lowest BCUT2D eigenvalue weighted by Gasteiger charge is -2.39. The van der Waals surface area contributed by atoms with Crippen LogP contribution in [-0.4, -0.2) is 75.8 Å². The Morgan fingerprint density at radius 3 is 2.36 bits per heavy atom. The Labute approximate surface area is 160 Å². The number of pyridine rings is 1. The van der Waals surface area contributed by atoms with Gasteiger partial charge < -0.3 is 34.6 Å². The summed E-state index contributed by atoms with van der Waals surface area (Å²) in [6.07, 6.45) is -5.31. The summed E-state index contributed by atoms with van der Waals surface area (Å²) in [5.41, 5.74) is 1.73. The van der Waals surface area contributed by atoms with Crippen molar-refractivity contribution in [2.24, 2.45) is 0 Å². The number of hydrogen-bond donors (Lipinski definition) is 4. The molecule has 150 valence electrons. The molecule has 28 heavy (non-hydrogen) atoms. The van der Waals surface area contributed by atoms with E-state index in [4.69, 9.17) is 9.47 Å². The van der Waals surface area contributed by atoms with Gasteiger partial charge >= 0.3 is 5.97 Å². The molecule has 4 N–H and O–H groups in total. The van der Waals surface area contributed by atoms with E-state index < -0.39 is 43.3 Å². The smallest absolute Gasteiger partial charge is 0.339 e. The number of aliphatic hydroxyl groups is 4. The molecular weight excluding hydrogens is 370 g/mol. The largest absolute Gasteiger partial charge is 0.465 e. The molecule has 9 nitrogen and oxygen atoms in total. The van der Waals surface area contributed by atoms with E-state index in [-0.39, 0.29) is 0 Å². The van der Waals surface area contributed by atoms with Gasteiger partial charge in [-0.1, -0.05) is 0 Å². The van der Waals surface area contributed by atoms with Gasteiger partial charge in [0.2, 0.25) is 6.29 Å². The number of rotatable bonds is 5. The second-order valence-electron chi connectivity index (χ2n) is 6.26. The van der Waals surface area contributed by atoms with Crippen LogP contribution in [0.15, 0.2) is 42.6 Å². The summed E-state index contributed by atoms with van der Waals surface area (Å²) in [7, 11) is 1.30. The molecule has 0 bridgehead atoms. The number of nitrogens with zero attached hydrogens (tertiary/aromatic N) is 1. The number of esters is 1. The number of aliphatic hydroxyl groups excluding tert-OH is 4. The molecule has 0 radical (unpaired) electrons. The van der Waals surface area contributed by atoms with Gasteiger partial charge in [-0.2, -0.15) is 0 Å². The van der Waals surface area contributed by atoms with Crippen molar-refractivity contribution in [3.63, 3.8) is 0 Å². The second kappa shape index (κ2) is 8.63. The molecule has 0 amide bonds. The summed E-state index contributed by atoms with van der Waals surface area (Å²) in [4.78, 5) is 15.7. The third kappa shape index (κ3) is 4.13. The number of hydrogen-bond acceptors (Lipinski definition) is 9. The zero-order valence-electron chi connectivity index (χ0n) is 15.0. The van der Waals surface area contributed by atoms with E-state index in [2.05, 4.69) is 9.72 Å². The van der Waals surface area contributed by atoms with Gasteiger partial charge in [0.05, 0.1) is 25.0 Å². The molecule has 0 aliphatic carbocycles. The molecule has 2 heterocycles. The van der Waals surface area contributed by atoms with E-state index in [0.717, 1.165) is 5.56 Å². The van der Waals surface area contributed by atoms with Crippen molar-refractivity contribution in [3.8, 4) is 17.0 Å². The van der Waals surface area contributed by atoms with Gasteiger partial charge in [-0.3, -0.25) is 4.98 Å². The van der Waals surface area contributed by atoms with Crippen molar-refractivity contribution >= 4 is 5.97 Å². The summed E-state index contributed by atoms with van der Waals surface area (Å²) in [6.45, 7) is -0.531. The minimum absolute atomic E-state index is 0.342. The third-order valence-corrected chi connectivity index (χ3v) is 4.44. The summed E-state index contributed by atoms with van der Waals surface area (Å²) >= 11 is 0. The van der Waals surface area contributed by atoms with Crippen LogP contribution in [0.25, 0.3) is 11.3 Å². The fourth-order valence-corrected chi connectivity index (χ4v) is 2.81. The van der Waals surface area contributed by atoms with E-state index in [1.807, 2.05) is 0 Å². The van der Waals surface area contributed by atoms with Crippen LogP contribution >= 0.6 is 0 Å². The van der Waals surface area contributed by atoms with Crippen LogP contribution in [0.5, 0.6) is 5.75 Å². The summed E-state index contributed by atoms with van der Waals surface area (Å²) in [5, 5.41) is 38.8. The van der Waals surface area contributed by atoms with Crippen molar-refractivity contribution in [2.45, 2.75) is 30.7 Å². The van der Waals surface area contributed by atoms with Gasteiger partial charge in [-0.25, -0.2) is 4.79 Å². The Morgan fingerprint density at radius 1 is 1.07 bits per heavy atom. The van der Waals surface area contributed by atoms with E-state index in [1.165, 1.54) is 13.3 Å². The molecule has 1 aromatic heterocycles. The Bertz CT molecular complexity index is 793. The standard InChI is InChI=1S/C19H21NO8/c1-26-18(25)11-4-7-13(20-8-11)10-2-5-12(6-3-10)27-19-17(24)16(23)15(22)14(9-21)28-19/h2-8,14-17,19,21-24H,9H2,1H3/t14-,15-,16+,17+,19-/m1/s1. The first-order chi connectivity index (χ1) is 13.4. The molecule has 0 unspecified atom stereocenters. The first-order valence-corrected chi connectivity index (χ1v) is 8.56. The highest BCUT2D eigenvalue weighted by atomic mass is 16.7. The van der Waals surface area contributed by atoms with Gasteiger partial charge in [-0.15, -0.1) is 0 Å². The number of carbonyl (C=O) groups excluding carboxylic acids is 1. The number of ether oxygens (including phenoxy) is 3. The monoisotopic (exact) mass is 391 g/mol. The topological polar surface area (TPSA) is 139 Å².